The third kappa shape index (κ3) is 3.50. The Bertz CT molecular complexity index is 405. The van der Waals surface area contributed by atoms with Crippen molar-refractivity contribution in [1.29, 1.82) is 0 Å². The molecule has 1 saturated carbocycles. The van der Waals surface area contributed by atoms with Crippen molar-refractivity contribution in [3.8, 4) is 0 Å². The van der Waals surface area contributed by atoms with E-state index in [0.717, 1.165) is 49.4 Å². The van der Waals surface area contributed by atoms with Crippen LogP contribution in [0.3, 0.4) is 0 Å². The lowest BCUT2D eigenvalue weighted by molar-refractivity contribution is -0.140. The number of nitrogens with zero attached hydrogens (tertiary/aromatic N) is 2. The van der Waals surface area contributed by atoms with Gasteiger partial charge in [0, 0.05) is 48.0 Å². The number of fused-ring (bicyclic) bond motifs is 1. The summed E-state index contributed by atoms with van der Waals surface area (Å²) in [5, 5.41) is 0. The van der Waals surface area contributed by atoms with Gasteiger partial charge in [-0.05, 0) is 31.1 Å². The highest BCUT2D eigenvalue weighted by Crippen LogP contribution is 2.38. The summed E-state index contributed by atoms with van der Waals surface area (Å²) in [5.41, 5.74) is 0. The van der Waals surface area contributed by atoms with Crippen molar-refractivity contribution in [1.82, 2.24) is 9.80 Å². The molecular weight excluding hydrogens is 284 g/mol. The summed E-state index contributed by atoms with van der Waals surface area (Å²) < 4.78 is 11.4. The minimum absolute atomic E-state index is 0.312. The molecule has 2 heterocycles. The Kier molecular flexibility index (Phi) is 4.99. The summed E-state index contributed by atoms with van der Waals surface area (Å²) in [5.74, 6) is 3.28. The number of carbonyl (C=O) groups is 1. The lowest BCUT2D eigenvalue weighted by atomic mass is 9.72. The molecule has 3 rings (SSSR count). The first-order valence-electron chi connectivity index (χ1n) is 8.52. The average Bonchev–Trinajstić information content (AvgIpc) is 2.50. The molecule has 3 aliphatic rings. The molecule has 3 atom stereocenters. The van der Waals surface area contributed by atoms with Gasteiger partial charge in [0.05, 0.1) is 6.54 Å². The average molecular weight is 312 g/mol. The van der Waals surface area contributed by atoms with E-state index in [1.54, 1.807) is 0 Å². The quantitative estimate of drug-likeness (QED) is 0.775. The Labute approximate surface area is 130 Å². The van der Waals surface area contributed by atoms with Crippen molar-refractivity contribution in [2.24, 2.45) is 11.8 Å². The maximum Gasteiger partial charge on any atom is 0.237 e. The van der Waals surface area contributed by atoms with Gasteiger partial charge in [-0.25, -0.2) is 0 Å². The zero-order valence-corrected chi connectivity index (χ0v) is 13.9. The molecule has 1 aliphatic carbocycles. The fourth-order valence-corrected chi connectivity index (χ4v) is 5.47. The van der Waals surface area contributed by atoms with E-state index < -0.39 is 10.8 Å². The highest BCUT2D eigenvalue weighted by Gasteiger charge is 2.39. The summed E-state index contributed by atoms with van der Waals surface area (Å²) in [6.45, 7) is 5.48. The number of likely N-dealkylation sites (tertiary alicyclic amines) is 1. The van der Waals surface area contributed by atoms with Gasteiger partial charge < -0.3 is 4.90 Å². The number of carbonyl (C=O) groups excluding carboxylic acids is 1. The Hall–Kier alpha value is -0.420. The van der Waals surface area contributed by atoms with Crippen LogP contribution in [0.2, 0.25) is 0 Å². The van der Waals surface area contributed by atoms with E-state index in [-0.39, 0.29) is 0 Å². The molecule has 5 heteroatoms. The lowest BCUT2D eigenvalue weighted by Crippen LogP contribution is -2.55. The van der Waals surface area contributed by atoms with Crippen molar-refractivity contribution in [2.45, 2.75) is 45.1 Å². The molecule has 4 nitrogen and oxygen atoms in total. The van der Waals surface area contributed by atoms with Crippen LogP contribution in [0, 0.1) is 11.8 Å². The van der Waals surface area contributed by atoms with E-state index in [4.69, 9.17) is 0 Å². The first kappa shape index (κ1) is 15.5. The van der Waals surface area contributed by atoms with Crippen LogP contribution in [0.4, 0.5) is 0 Å². The molecule has 1 amide bonds. The number of piperidine rings is 1. The van der Waals surface area contributed by atoms with Gasteiger partial charge in [0.15, 0.2) is 0 Å². The van der Waals surface area contributed by atoms with Gasteiger partial charge in [-0.2, -0.15) is 0 Å². The van der Waals surface area contributed by atoms with Gasteiger partial charge in [-0.1, -0.05) is 19.8 Å². The molecule has 0 aromatic heterocycles. The summed E-state index contributed by atoms with van der Waals surface area (Å²) in [7, 11) is -0.658. The highest BCUT2D eigenvalue weighted by molar-refractivity contribution is 7.85. The Morgan fingerprint density at radius 1 is 1.10 bits per heavy atom. The highest BCUT2D eigenvalue weighted by atomic mass is 32.2. The number of hydrogen-bond donors (Lipinski definition) is 0. The second kappa shape index (κ2) is 6.78. The predicted octanol–water partition coefficient (Wildman–Crippen LogP) is 1.48. The topological polar surface area (TPSA) is 40.6 Å². The molecule has 0 bridgehead atoms. The van der Waals surface area contributed by atoms with Crippen LogP contribution in [0.1, 0.15) is 39.0 Å². The van der Waals surface area contributed by atoms with E-state index in [2.05, 4.69) is 16.7 Å². The zero-order chi connectivity index (χ0) is 14.8. The van der Waals surface area contributed by atoms with Crippen LogP contribution in [-0.2, 0) is 15.6 Å². The molecule has 0 radical (unpaired) electrons. The van der Waals surface area contributed by atoms with Crippen molar-refractivity contribution in [2.75, 3.05) is 37.7 Å². The lowest BCUT2D eigenvalue weighted by Gasteiger charge is -2.47. The van der Waals surface area contributed by atoms with E-state index in [9.17, 15) is 9.00 Å². The minimum atomic E-state index is -0.658. The maximum atomic E-state index is 12.7. The van der Waals surface area contributed by atoms with Crippen LogP contribution in [-0.4, -0.2) is 63.6 Å². The maximum absolute atomic E-state index is 12.7. The molecule has 0 aromatic carbocycles. The number of rotatable bonds is 2. The molecule has 2 aliphatic heterocycles. The normalized spacial score (nSPS) is 35.5. The second-order valence-electron chi connectivity index (χ2n) is 6.99. The molecule has 120 valence electrons. The van der Waals surface area contributed by atoms with Crippen LogP contribution in [0.15, 0.2) is 0 Å². The van der Waals surface area contributed by atoms with Crippen molar-refractivity contribution < 1.29 is 9.00 Å². The van der Waals surface area contributed by atoms with E-state index in [1.165, 1.54) is 25.7 Å². The summed E-state index contributed by atoms with van der Waals surface area (Å²) >= 11 is 0. The standard InChI is InChI=1S/C16H28N2O2S/c1-13-6-7-18(15-5-3-2-4-14(13)15)16(19)12-17-8-10-21(20)11-9-17/h13-15H,2-12H2,1H3/t13-,14+,15+/m1/s1. The molecule has 2 saturated heterocycles. The van der Waals surface area contributed by atoms with Gasteiger partial charge in [-0.3, -0.25) is 13.9 Å². The molecule has 3 fully saturated rings. The number of hydrogen-bond acceptors (Lipinski definition) is 3. The molecular formula is C16H28N2O2S. The van der Waals surface area contributed by atoms with Crippen LogP contribution >= 0.6 is 0 Å². The molecule has 21 heavy (non-hydrogen) atoms. The molecule has 0 N–H and O–H groups in total. The largest absolute Gasteiger partial charge is 0.338 e. The van der Waals surface area contributed by atoms with Crippen molar-refractivity contribution in [3.05, 3.63) is 0 Å². The third-order valence-corrected chi connectivity index (χ3v) is 6.96. The summed E-state index contributed by atoms with van der Waals surface area (Å²) in [6.07, 6.45) is 6.28. The Morgan fingerprint density at radius 3 is 2.57 bits per heavy atom. The van der Waals surface area contributed by atoms with Crippen LogP contribution in [0.25, 0.3) is 0 Å². The minimum Gasteiger partial charge on any atom is -0.338 e. The first-order chi connectivity index (χ1) is 10.1. The van der Waals surface area contributed by atoms with Crippen molar-refractivity contribution in [3.63, 3.8) is 0 Å². The Balaban J connectivity index is 1.59. The van der Waals surface area contributed by atoms with Gasteiger partial charge in [0.25, 0.3) is 0 Å². The SMILES string of the molecule is C[C@@H]1CCN(C(=O)CN2CCS(=O)CC2)[C@H]2CCCC[C@@H]12. The van der Waals surface area contributed by atoms with E-state index >= 15 is 0 Å². The van der Waals surface area contributed by atoms with E-state index in [0.29, 0.717) is 18.5 Å². The Morgan fingerprint density at radius 2 is 1.81 bits per heavy atom. The molecule has 0 spiro atoms. The zero-order valence-electron chi connectivity index (χ0n) is 13.1. The van der Waals surface area contributed by atoms with E-state index in [1.807, 2.05) is 0 Å². The fourth-order valence-electron chi connectivity index (χ4n) is 4.34. The van der Waals surface area contributed by atoms with Gasteiger partial charge in [0.1, 0.15) is 0 Å². The van der Waals surface area contributed by atoms with Crippen LogP contribution < -0.4 is 0 Å². The summed E-state index contributed by atoms with van der Waals surface area (Å²) in [4.78, 5) is 17.1. The number of amides is 1. The third-order valence-electron chi connectivity index (χ3n) is 5.69. The summed E-state index contributed by atoms with van der Waals surface area (Å²) in [6, 6.07) is 0.494. The first-order valence-corrected chi connectivity index (χ1v) is 10.0. The predicted molar refractivity (Wildman–Crippen MR) is 85.6 cm³/mol. The van der Waals surface area contributed by atoms with Crippen molar-refractivity contribution >= 4 is 16.7 Å². The monoisotopic (exact) mass is 312 g/mol. The smallest absolute Gasteiger partial charge is 0.237 e. The van der Waals surface area contributed by atoms with Crippen LogP contribution in [0.5, 0.6) is 0 Å². The molecule has 0 unspecified atom stereocenters. The van der Waals surface area contributed by atoms with Gasteiger partial charge >= 0.3 is 0 Å². The fraction of sp³-hybridized carbons (Fsp3) is 0.938. The second-order valence-corrected chi connectivity index (χ2v) is 8.69. The van der Waals surface area contributed by atoms with Gasteiger partial charge in [-0.15, -0.1) is 0 Å². The van der Waals surface area contributed by atoms with Gasteiger partial charge in [0.2, 0.25) is 5.91 Å². The molecule has 0 aromatic rings.